The Labute approximate surface area is 143 Å². The van der Waals surface area contributed by atoms with Gasteiger partial charge < -0.3 is 10.4 Å². The molecule has 2 rings (SSSR count). The Bertz CT molecular complexity index is 637. The molecule has 1 aliphatic rings. The van der Waals surface area contributed by atoms with E-state index >= 15 is 0 Å². The molecule has 24 heavy (non-hydrogen) atoms. The van der Waals surface area contributed by atoms with Crippen LogP contribution < -0.4 is 5.32 Å². The molecule has 0 aliphatic carbocycles. The third-order valence-corrected chi connectivity index (χ3v) is 4.04. The van der Waals surface area contributed by atoms with Crippen molar-refractivity contribution in [2.75, 3.05) is 26.7 Å². The molecule has 1 atom stereocenters. The summed E-state index contributed by atoms with van der Waals surface area (Å²) in [5.41, 5.74) is 3.01. The van der Waals surface area contributed by atoms with Crippen molar-refractivity contribution in [3.63, 3.8) is 0 Å². The van der Waals surface area contributed by atoms with Crippen LogP contribution in [0.2, 0.25) is 0 Å². The summed E-state index contributed by atoms with van der Waals surface area (Å²) in [4.78, 5) is 18.1. The summed E-state index contributed by atoms with van der Waals surface area (Å²) in [6.45, 7) is 6.07. The normalized spacial score (nSPS) is 16.7. The van der Waals surface area contributed by atoms with Crippen LogP contribution in [0, 0.1) is 0 Å². The molecule has 0 aromatic heterocycles. The average Bonchev–Trinajstić information content (AvgIpc) is 2.60. The standard InChI is InChI=1S/C19H25N3O2/c1-3-4-9-18(20-2)19(24)21-12-17(23)14-22-11-10-15-7-5-6-8-16(15)13-22/h3-9,17,23H,1,10-14H2,2H3,(H,21,24)/b9-4-,20-18+. The van der Waals surface area contributed by atoms with E-state index in [2.05, 4.69) is 40.0 Å². The van der Waals surface area contributed by atoms with Gasteiger partial charge in [-0.05, 0) is 23.6 Å². The number of nitrogens with zero attached hydrogens (tertiary/aromatic N) is 2. The second-order valence-corrected chi connectivity index (χ2v) is 5.82. The largest absolute Gasteiger partial charge is 0.390 e. The maximum Gasteiger partial charge on any atom is 0.269 e. The van der Waals surface area contributed by atoms with Crippen LogP contribution in [-0.4, -0.2) is 54.4 Å². The maximum absolute atomic E-state index is 12.0. The van der Waals surface area contributed by atoms with Crippen molar-refractivity contribution in [3.05, 3.63) is 60.2 Å². The second kappa shape index (κ2) is 9.15. The lowest BCUT2D eigenvalue weighted by molar-refractivity contribution is -0.115. The van der Waals surface area contributed by atoms with E-state index in [4.69, 9.17) is 0 Å². The number of nitrogens with one attached hydrogen (secondary N) is 1. The summed E-state index contributed by atoms with van der Waals surface area (Å²) in [5.74, 6) is -0.293. The molecule has 0 saturated heterocycles. The smallest absolute Gasteiger partial charge is 0.269 e. The lowest BCUT2D eigenvalue weighted by Crippen LogP contribution is -2.43. The highest BCUT2D eigenvalue weighted by Crippen LogP contribution is 2.18. The Kier molecular flexibility index (Phi) is 6.90. The third-order valence-electron chi connectivity index (χ3n) is 4.04. The van der Waals surface area contributed by atoms with Crippen LogP contribution in [0.3, 0.4) is 0 Å². The van der Waals surface area contributed by atoms with Gasteiger partial charge in [-0.2, -0.15) is 0 Å². The van der Waals surface area contributed by atoms with Crippen molar-refractivity contribution >= 4 is 11.6 Å². The van der Waals surface area contributed by atoms with Crippen LogP contribution in [0.4, 0.5) is 0 Å². The average molecular weight is 327 g/mol. The summed E-state index contributed by atoms with van der Waals surface area (Å²) in [5, 5.41) is 12.9. The molecular weight excluding hydrogens is 302 g/mol. The first-order valence-corrected chi connectivity index (χ1v) is 8.15. The van der Waals surface area contributed by atoms with Crippen LogP contribution >= 0.6 is 0 Å². The van der Waals surface area contributed by atoms with Gasteiger partial charge in [0.1, 0.15) is 5.71 Å². The predicted octanol–water partition coefficient (Wildman–Crippen LogP) is 1.33. The number of hydrogen-bond donors (Lipinski definition) is 2. The van der Waals surface area contributed by atoms with Gasteiger partial charge in [-0.1, -0.05) is 43.0 Å². The number of carbonyl (C=O) groups is 1. The number of rotatable bonds is 7. The molecule has 1 heterocycles. The molecule has 1 aromatic carbocycles. The van der Waals surface area contributed by atoms with Gasteiger partial charge in [0.25, 0.3) is 5.91 Å². The monoisotopic (exact) mass is 327 g/mol. The molecule has 2 N–H and O–H groups in total. The Morgan fingerprint density at radius 3 is 2.92 bits per heavy atom. The molecule has 0 radical (unpaired) electrons. The Morgan fingerprint density at radius 1 is 1.46 bits per heavy atom. The van der Waals surface area contributed by atoms with Crippen molar-refractivity contribution in [3.8, 4) is 0 Å². The highest BCUT2D eigenvalue weighted by Gasteiger charge is 2.19. The third kappa shape index (κ3) is 5.15. The molecule has 1 aromatic rings. The number of β-amino-alcohol motifs (C(OH)–C–C–N with tert-alkyl or cyclic N) is 1. The van der Waals surface area contributed by atoms with Gasteiger partial charge in [0.2, 0.25) is 0 Å². The van der Waals surface area contributed by atoms with Crippen LogP contribution in [-0.2, 0) is 17.8 Å². The Hall–Kier alpha value is -2.24. The lowest BCUT2D eigenvalue weighted by Gasteiger charge is -2.30. The van der Waals surface area contributed by atoms with Gasteiger partial charge in [-0.25, -0.2) is 0 Å². The summed E-state index contributed by atoms with van der Waals surface area (Å²) >= 11 is 0. The van der Waals surface area contributed by atoms with Crippen molar-refractivity contribution in [1.29, 1.82) is 0 Å². The van der Waals surface area contributed by atoms with Crippen LogP contribution in [0.25, 0.3) is 0 Å². The molecule has 5 nitrogen and oxygen atoms in total. The first-order chi connectivity index (χ1) is 11.6. The van der Waals surface area contributed by atoms with Crippen LogP contribution in [0.1, 0.15) is 11.1 Å². The van der Waals surface area contributed by atoms with Crippen LogP contribution in [0.15, 0.2) is 54.1 Å². The quantitative estimate of drug-likeness (QED) is 0.587. The maximum atomic E-state index is 12.0. The number of hydrogen-bond acceptors (Lipinski definition) is 4. The van der Waals surface area contributed by atoms with Gasteiger partial charge in [0, 0.05) is 33.2 Å². The fourth-order valence-electron chi connectivity index (χ4n) is 2.78. The number of aliphatic hydroxyl groups excluding tert-OH is 1. The first-order valence-electron chi connectivity index (χ1n) is 8.15. The fraction of sp³-hybridized carbons (Fsp3) is 0.368. The number of fused-ring (bicyclic) bond motifs is 1. The van der Waals surface area contributed by atoms with Gasteiger partial charge >= 0.3 is 0 Å². The number of carbonyl (C=O) groups excluding carboxylic acids is 1. The highest BCUT2D eigenvalue weighted by molar-refractivity contribution is 6.43. The van der Waals surface area contributed by atoms with Crippen molar-refractivity contribution in [2.24, 2.45) is 4.99 Å². The van der Waals surface area contributed by atoms with E-state index in [1.807, 2.05) is 6.07 Å². The minimum Gasteiger partial charge on any atom is -0.390 e. The van der Waals surface area contributed by atoms with E-state index in [0.29, 0.717) is 12.3 Å². The van der Waals surface area contributed by atoms with Crippen LogP contribution in [0.5, 0.6) is 0 Å². The van der Waals surface area contributed by atoms with E-state index in [0.717, 1.165) is 19.5 Å². The minimum absolute atomic E-state index is 0.206. The van der Waals surface area contributed by atoms with Gasteiger partial charge in [-0.15, -0.1) is 0 Å². The van der Waals surface area contributed by atoms with E-state index < -0.39 is 6.10 Å². The molecule has 0 fully saturated rings. The molecule has 1 aliphatic heterocycles. The zero-order chi connectivity index (χ0) is 17.4. The molecule has 0 spiro atoms. The SMILES string of the molecule is C=C/C=C\C(=N/C)C(=O)NCC(O)CN1CCc2ccccc2C1. The summed E-state index contributed by atoms with van der Waals surface area (Å²) in [6, 6.07) is 8.39. The zero-order valence-corrected chi connectivity index (χ0v) is 14.1. The molecule has 0 bridgehead atoms. The van der Waals surface area contributed by atoms with Crippen molar-refractivity contribution in [2.45, 2.75) is 19.1 Å². The number of benzene rings is 1. The zero-order valence-electron chi connectivity index (χ0n) is 14.1. The summed E-state index contributed by atoms with van der Waals surface area (Å²) in [6.07, 6.45) is 5.22. The predicted molar refractivity (Wildman–Crippen MR) is 97.1 cm³/mol. The summed E-state index contributed by atoms with van der Waals surface area (Å²) < 4.78 is 0. The first kappa shape index (κ1) is 18.1. The molecule has 1 amide bonds. The summed E-state index contributed by atoms with van der Waals surface area (Å²) in [7, 11) is 1.56. The van der Waals surface area contributed by atoms with Crippen molar-refractivity contribution in [1.82, 2.24) is 10.2 Å². The Balaban J connectivity index is 1.80. The number of allylic oxidation sites excluding steroid dienone is 2. The molecule has 5 heteroatoms. The number of aliphatic imine (C=N–C) groups is 1. The van der Waals surface area contributed by atoms with Gasteiger partial charge in [-0.3, -0.25) is 14.7 Å². The van der Waals surface area contributed by atoms with Gasteiger partial charge in [0.15, 0.2) is 0 Å². The molecule has 0 saturated carbocycles. The molecule has 1 unspecified atom stereocenters. The Morgan fingerprint density at radius 2 is 2.21 bits per heavy atom. The van der Waals surface area contributed by atoms with Crippen molar-refractivity contribution < 1.29 is 9.90 Å². The molecule has 128 valence electrons. The molecular formula is C19H25N3O2. The fourth-order valence-corrected chi connectivity index (χ4v) is 2.78. The number of aliphatic hydroxyl groups is 1. The van der Waals surface area contributed by atoms with E-state index in [-0.39, 0.29) is 12.5 Å². The number of amides is 1. The van der Waals surface area contributed by atoms with E-state index in [1.54, 1.807) is 25.3 Å². The van der Waals surface area contributed by atoms with E-state index in [9.17, 15) is 9.90 Å². The van der Waals surface area contributed by atoms with E-state index in [1.165, 1.54) is 11.1 Å². The topological polar surface area (TPSA) is 64.9 Å². The highest BCUT2D eigenvalue weighted by atomic mass is 16.3. The second-order valence-electron chi connectivity index (χ2n) is 5.82. The van der Waals surface area contributed by atoms with Gasteiger partial charge in [0.05, 0.1) is 6.10 Å². The minimum atomic E-state index is -0.610. The lowest BCUT2D eigenvalue weighted by atomic mass is 10.00.